The number of ether oxygens (including phenoxy) is 3. The van der Waals surface area contributed by atoms with E-state index in [1.807, 2.05) is 13.8 Å². The highest BCUT2D eigenvalue weighted by atomic mass is 35.5. The van der Waals surface area contributed by atoms with Gasteiger partial charge in [-0.05, 0) is 49.1 Å². The van der Waals surface area contributed by atoms with Gasteiger partial charge in [-0.15, -0.1) is 0 Å². The third-order valence-corrected chi connectivity index (χ3v) is 6.35. The van der Waals surface area contributed by atoms with E-state index >= 15 is 0 Å². The first-order chi connectivity index (χ1) is 17.7. The Bertz CT molecular complexity index is 1100. The molecule has 0 bridgehead atoms. The van der Waals surface area contributed by atoms with Crippen LogP contribution in [0.1, 0.15) is 47.4 Å². The molecule has 1 aliphatic rings. The average Bonchev–Trinajstić information content (AvgIpc) is 2.89. The van der Waals surface area contributed by atoms with Gasteiger partial charge in [0.15, 0.2) is 0 Å². The van der Waals surface area contributed by atoms with Crippen LogP contribution in [0.2, 0.25) is 5.02 Å². The summed E-state index contributed by atoms with van der Waals surface area (Å²) in [7, 11) is 3.02. The van der Waals surface area contributed by atoms with E-state index in [1.54, 1.807) is 36.4 Å². The van der Waals surface area contributed by atoms with Crippen molar-refractivity contribution in [3.05, 3.63) is 52.5 Å². The molecule has 200 valence electrons. The molecule has 0 unspecified atom stereocenters. The molecule has 0 spiro atoms. The van der Waals surface area contributed by atoms with Gasteiger partial charge in [-0.3, -0.25) is 14.4 Å². The Morgan fingerprint density at radius 2 is 1.78 bits per heavy atom. The molecule has 0 saturated carbocycles. The van der Waals surface area contributed by atoms with E-state index in [0.717, 1.165) is 0 Å². The molecule has 2 N–H and O–H groups in total. The third kappa shape index (κ3) is 7.76. The van der Waals surface area contributed by atoms with Crippen LogP contribution < -0.4 is 24.8 Å². The van der Waals surface area contributed by atoms with Crippen LogP contribution in [0.25, 0.3) is 0 Å². The molecule has 0 fully saturated rings. The normalized spacial score (nSPS) is 17.5. The molecule has 3 rings (SSSR count). The number of carbonyl (C=O) groups is 3. The van der Waals surface area contributed by atoms with Crippen molar-refractivity contribution in [3.63, 3.8) is 0 Å². The van der Waals surface area contributed by atoms with E-state index in [0.29, 0.717) is 59.3 Å². The van der Waals surface area contributed by atoms with Crippen molar-refractivity contribution in [1.82, 2.24) is 15.5 Å². The van der Waals surface area contributed by atoms with Crippen molar-refractivity contribution < 1.29 is 28.6 Å². The summed E-state index contributed by atoms with van der Waals surface area (Å²) in [6.45, 7) is 4.66. The van der Waals surface area contributed by atoms with Crippen LogP contribution in [0.4, 0.5) is 0 Å². The molecule has 1 aliphatic heterocycles. The molecular weight excluding hydrogens is 498 g/mol. The Balaban J connectivity index is 1.85. The molecule has 0 saturated heterocycles. The summed E-state index contributed by atoms with van der Waals surface area (Å²) in [6, 6.07) is 9.43. The summed E-state index contributed by atoms with van der Waals surface area (Å²) >= 11 is 6.12. The second-order valence-electron chi connectivity index (χ2n) is 9.16. The smallest absolute Gasteiger partial charge is 0.255 e. The van der Waals surface area contributed by atoms with Crippen molar-refractivity contribution in [3.8, 4) is 17.2 Å². The number of amides is 3. The molecule has 0 aromatic heterocycles. The average molecular weight is 532 g/mol. The van der Waals surface area contributed by atoms with Gasteiger partial charge in [0.25, 0.3) is 11.8 Å². The van der Waals surface area contributed by atoms with Gasteiger partial charge in [-0.25, -0.2) is 0 Å². The number of rotatable bonds is 4. The minimum Gasteiger partial charge on any atom is -0.497 e. The van der Waals surface area contributed by atoms with E-state index in [1.165, 1.54) is 19.1 Å². The number of carbonyl (C=O) groups excluding carboxylic acids is 3. The number of nitrogens with zero attached hydrogens (tertiary/aromatic N) is 1. The predicted octanol–water partition coefficient (Wildman–Crippen LogP) is 3.54. The number of benzene rings is 2. The predicted molar refractivity (Wildman–Crippen MR) is 141 cm³/mol. The molecule has 9 nitrogen and oxygen atoms in total. The number of fused-ring (bicyclic) bond motifs is 1. The number of hydrogen-bond donors (Lipinski definition) is 2. The maximum absolute atomic E-state index is 13.5. The first-order valence-corrected chi connectivity index (χ1v) is 12.6. The van der Waals surface area contributed by atoms with Crippen molar-refractivity contribution in [2.24, 2.45) is 5.92 Å². The molecule has 2 aromatic carbocycles. The largest absolute Gasteiger partial charge is 0.497 e. The van der Waals surface area contributed by atoms with Gasteiger partial charge >= 0.3 is 0 Å². The Morgan fingerprint density at radius 1 is 1.08 bits per heavy atom. The SMILES string of the molecule is COc1cc(OC)cc(C(=O)N2CCCCNC(=O)c3cc(Cl)ccc3OC[C@H](C(C)C)NC(=O)C2)c1. The Morgan fingerprint density at radius 3 is 2.43 bits per heavy atom. The van der Waals surface area contributed by atoms with Gasteiger partial charge in [0.1, 0.15) is 23.9 Å². The molecule has 10 heteroatoms. The number of methoxy groups -OCH3 is 2. The first-order valence-electron chi connectivity index (χ1n) is 12.2. The maximum atomic E-state index is 13.5. The fourth-order valence-corrected chi connectivity index (χ4v) is 4.07. The van der Waals surface area contributed by atoms with Crippen LogP contribution in [0.15, 0.2) is 36.4 Å². The molecule has 0 aliphatic carbocycles. The van der Waals surface area contributed by atoms with Gasteiger partial charge in [-0.2, -0.15) is 0 Å². The second-order valence-corrected chi connectivity index (χ2v) is 9.60. The van der Waals surface area contributed by atoms with Crippen molar-refractivity contribution in [2.45, 2.75) is 32.7 Å². The quantitative estimate of drug-likeness (QED) is 0.625. The van der Waals surface area contributed by atoms with Gasteiger partial charge in [0.05, 0.1) is 32.4 Å². The molecule has 3 amide bonds. The van der Waals surface area contributed by atoms with Gasteiger partial charge in [0, 0.05) is 29.7 Å². The summed E-state index contributed by atoms with van der Waals surface area (Å²) in [5.74, 6) is 0.464. The van der Waals surface area contributed by atoms with Crippen LogP contribution in [0.5, 0.6) is 17.2 Å². The first kappa shape index (κ1) is 28.1. The summed E-state index contributed by atoms with van der Waals surface area (Å²) in [6.07, 6.45) is 1.18. The van der Waals surface area contributed by atoms with Crippen LogP contribution >= 0.6 is 11.6 Å². The molecular formula is C27H34ClN3O6. The summed E-state index contributed by atoms with van der Waals surface area (Å²) in [5, 5.41) is 6.30. The zero-order valence-corrected chi connectivity index (χ0v) is 22.4. The van der Waals surface area contributed by atoms with Crippen LogP contribution in [0.3, 0.4) is 0 Å². The zero-order chi connectivity index (χ0) is 26.9. The van der Waals surface area contributed by atoms with Crippen molar-refractivity contribution in [2.75, 3.05) is 40.5 Å². The lowest BCUT2D eigenvalue weighted by molar-refractivity contribution is -0.123. The Kier molecular flexibility index (Phi) is 10.0. The lowest BCUT2D eigenvalue weighted by Gasteiger charge is -2.26. The topological polar surface area (TPSA) is 106 Å². The van der Waals surface area contributed by atoms with E-state index < -0.39 is 0 Å². The fraction of sp³-hybridized carbons (Fsp3) is 0.444. The van der Waals surface area contributed by atoms with E-state index in [2.05, 4.69) is 10.6 Å². The third-order valence-electron chi connectivity index (χ3n) is 6.12. The van der Waals surface area contributed by atoms with Crippen LogP contribution in [0, 0.1) is 5.92 Å². The van der Waals surface area contributed by atoms with E-state index in [9.17, 15) is 14.4 Å². The number of hydrogen-bond acceptors (Lipinski definition) is 6. The summed E-state index contributed by atoms with van der Waals surface area (Å²) in [4.78, 5) is 40.9. The lowest BCUT2D eigenvalue weighted by Crippen LogP contribution is -2.48. The summed E-state index contributed by atoms with van der Waals surface area (Å²) in [5.41, 5.74) is 0.686. The van der Waals surface area contributed by atoms with Crippen LogP contribution in [-0.4, -0.2) is 69.1 Å². The molecule has 37 heavy (non-hydrogen) atoms. The van der Waals surface area contributed by atoms with Crippen molar-refractivity contribution in [1.29, 1.82) is 0 Å². The molecule has 1 heterocycles. The second kappa shape index (κ2) is 13.2. The monoisotopic (exact) mass is 531 g/mol. The van der Waals surface area contributed by atoms with Crippen molar-refractivity contribution >= 4 is 29.3 Å². The molecule has 0 radical (unpaired) electrons. The van der Waals surface area contributed by atoms with E-state index in [-0.39, 0.29) is 42.8 Å². The van der Waals surface area contributed by atoms with Gasteiger partial charge in [0.2, 0.25) is 5.91 Å². The lowest BCUT2D eigenvalue weighted by atomic mass is 10.1. The maximum Gasteiger partial charge on any atom is 0.255 e. The highest BCUT2D eigenvalue weighted by Gasteiger charge is 2.24. The highest BCUT2D eigenvalue weighted by Crippen LogP contribution is 2.25. The molecule has 1 atom stereocenters. The van der Waals surface area contributed by atoms with E-state index in [4.69, 9.17) is 25.8 Å². The number of nitrogens with one attached hydrogen (secondary N) is 2. The van der Waals surface area contributed by atoms with Gasteiger partial charge in [-0.1, -0.05) is 25.4 Å². The minimum atomic E-state index is -0.349. The van der Waals surface area contributed by atoms with Gasteiger partial charge < -0.3 is 29.7 Å². The van der Waals surface area contributed by atoms with Crippen LogP contribution in [-0.2, 0) is 4.79 Å². The molecule has 2 aromatic rings. The number of halogens is 1. The Labute approximate surface area is 222 Å². The summed E-state index contributed by atoms with van der Waals surface area (Å²) < 4.78 is 16.6. The highest BCUT2D eigenvalue weighted by molar-refractivity contribution is 6.31. The Hall–Kier alpha value is -3.46. The minimum absolute atomic E-state index is 0.0380. The fourth-order valence-electron chi connectivity index (χ4n) is 3.90. The standard InChI is InChI=1S/C27H34ClN3O6/c1-17(2)23-16-37-24-8-7-19(28)13-22(24)26(33)29-9-5-6-10-31(15-25(32)30-23)27(34)18-11-20(35-3)14-21(12-18)36-4/h7-8,11-14,17,23H,5-6,9-10,15-16H2,1-4H3,(H,29,33)(H,30,32)/t23-/m1/s1. The zero-order valence-electron chi connectivity index (χ0n) is 21.6.